The first-order valence-electron chi connectivity index (χ1n) is 10.2. The zero-order valence-electron chi connectivity index (χ0n) is 17.5. The van der Waals surface area contributed by atoms with Crippen LogP contribution in [0, 0.1) is 6.92 Å². The molecule has 0 saturated heterocycles. The molecule has 3 aromatic carbocycles. The van der Waals surface area contributed by atoms with Crippen molar-refractivity contribution in [2.45, 2.75) is 24.8 Å². The van der Waals surface area contributed by atoms with Crippen molar-refractivity contribution in [3.63, 3.8) is 0 Å². The smallest absolute Gasteiger partial charge is 0.265 e. The van der Waals surface area contributed by atoms with E-state index in [2.05, 4.69) is 5.32 Å². The summed E-state index contributed by atoms with van der Waals surface area (Å²) in [5.41, 5.74) is 3.89. The van der Waals surface area contributed by atoms with Crippen LogP contribution >= 0.6 is 11.8 Å². The normalized spacial score (nSPS) is 15.5. The van der Waals surface area contributed by atoms with Crippen LogP contribution in [0.2, 0.25) is 0 Å². The Balaban J connectivity index is 1.59. The van der Waals surface area contributed by atoms with E-state index < -0.39 is 0 Å². The van der Waals surface area contributed by atoms with Gasteiger partial charge in [0.25, 0.3) is 5.91 Å². The lowest BCUT2D eigenvalue weighted by molar-refractivity contribution is -0.122. The highest BCUT2D eigenvalue weighted by Crippen LogP contribution is 2.42. The number of anilines is 1. The van der Waals surface area contributed by atoms with E-state index in [1.165, 1.54) is 11.8 Å². The monoisotopic (exact) mass is 428 g/mol. The van der Waals surface area contributed by atoms with Crippen LogP contribution in [0.5, 0.6) is 0 Å². The Bertz CT molecular complexity index is 1140. The number of thioether (sulfide) groups is 1. The van der Waals surface area contributed by atoms with E-state index >= 15 is 0 Å². The molecule has 3 aromatic rings. The Labute approximate surface area is 187 Å². The third-order valence-corrected chi connectivity index (χ3v) is 6.36. The summed E-state index contributed by atoms with van der Waals surface area (Å²) < 4.78 is 0. The van der Waals surface area contributed by atoms with Gasteiger partial charge in [0, 0.05) is 4.90 Å². The molecule has 1 N–H and O–H groups in total. The van der Waals surface area contributed by atoms with Gasteiger partial charge in [0.15, 0.2) is 0 Å². The number of hydrogen-bond donors (Lipinski definition) is 1. The molecule has 0 radical (unpaired) electrons. The molecule has 31 heavy (non-hydrogen) atoms. The zero-order chi connectivity index (χ0) is 21.8. The lowest BCUT2D eigenvalue weighted by atomic mass is 10.1. The average Bonchev–Trinajstić information content (AvgIpc) is 2.78. The molecule has 0 aromatic heterocycles. The summed E-state index contributed by atoms with van der Waals surface area (Å²) in [6.45, 7) is 3.94. The fraction of sp³-hybridized carbons (Fsp3) is 0.154. The molecule has 1 aliphatic rings. The highest BCUT2D eigenvalue weighted by Gasteiger charge is 2.30. The summed E-state index contributed by atoms with van der Waals surface area (Å²) in [6.07, 6.45) is 1.91. The molecular formula is C26H24N2O2S. The predicted molar refractivity (Wildman–Crippen MR) is 127 cm³/mol. The van der Waals surface area contributed by atoms with Gasteiger partial charge in [0.1, 0.15) is 6.54 Å². The maximum absolute atomic E-state index is 13.4. The summed E-state index contributed by atoms with van der Waals surface area (Å²) >= 11 is 1.45. The third-order valence-electron chi connectivity index (χ3n) is 5.29. The van der Waals surface area contributed by atoms with E-state index in [1.54, 1.807) is 4.90 Å². The van der Waals surface area contributed by atoms with Crippen LogP contribution in [0.1, 0.15) is 29.7 Å². The molecule has 0 aliphatic carbocycles. The molecule has 1 aliphatic heterocycles. The SMILES string of the molecule is Cc1ccccc1/C=C1\Sc2ccccc2N(CC(=O)N[C@@H](C)c2ccccc2)C1=O. The summed E-state index contributed by atoms with van der Waals surface area (Å²) in [7, 11) is 0. The van der Waals surface area contributed by atoms with Crippen LogP contribution < -0.4 is 10.2 Å². The number of benzene rings is 3. The van der Waals surface area contributed by atoms with Crippen molar-refractivity contribution >= 4 is 35.3 Å². The molecule has 0 spiro atoms. The fourth-order valence-corrected chi connectivity index (χ4v) is 4.61. The molecule has 5 heteroatoms. The summed E-state index contributed by atoms with van der Waals surface area (Å²) in [5.74, 6) is -0.351. The van der Waals surface area contributed by atoms with Crippen LogP contribution in [0.25, 0.3) is 6.08 Å². The first-order chi connectivity index (χ1) is 15.0. The first-order valence-corrected chi connectivity index (χ1v) is 11.0. The van der Waals surface area contributed by atoms with Gasteiger partial charge in [-0.25, -0.2) is 0 Å². The van der Waals surface area contributed by atoms with Gasteiger partial charge in [-0.1, -0.05) is 78.5 Å². The standard InChI is InChI=1S/C26H24N2O2S/c1-18-10-6-7-13-21(18)16-24-26(30)28(22-14-8-9-15-23(22)31-24)17-25(29)27-19(2)20-11-4-3-5-12-20/h3-16,19H,17H2,1-2H3,(H,27,29)/b24-16-/t19-/m0/s1. The van der Waals surface area contributed by atoms with Gasteiger partial charge in [-0.05, 0) is 48.7 Å². The van der Waals surface area contributed by atoms with E-state index in [4.69, 9.17) is 0 Å². The number of carbonyl (C=O) groups excluding carboxylic acids is 2. The second-order valence-corrected chi connectivity index (χ2v) is 8.61. The third kappa shape index (κ3) is 4.72. The van der Waals surface area contributed by atoms with Gasteiger partial charge < -0.3 is 5.32 Å². The van der Waals surface area contributed by atoms with Gasteiger partial charge in [0.05, 0.1) is 16.6 Å². The topological polar surface area (TPSA) is 49.4 Å². The highest BCUT2D eigenvalue weighted by atomic mass is 32.2. The second-order valence-electron chi connectivity index (χ2n) is 7.53. The zero-order valence-corrected chi connectivity index (χ0v) is 18.4. The van der Waals surface area contributed by atoms with E-state index in [-0.39, 0.29) is 24.4 Å². The van der Waals surface area contributed by atoms with E-state index in [9.17, 15) is 9.59 Å². The first kappa shape index (κ1) is 20.9. The number of carbonyl (C=O) groups is 2. The number of nitrogens with zero attached hydrogens (tertiary/aromatic N) is 1. The lowest BCUT2D eigenvalue weighted by Gasteiger charge is -2.30. The van der Waals surface area contributed by atoms with Crippen LogP contribution in [0.15, 0.2) is 88.7 Å². The van der Waals surface area contributed by atoms with Crippen molar-refractivity contribution in [2.75, 3.05) is 11.4 Å². The average molecular weight is 429 g/mol. The number of nitrogens with one attached hydrogen (secondary N) is 1. The van der Waals surface area contributed by atoms with Gasteiger partial charge in [0.2, 0.25) is 5.91 Å². The Morgan fingerprint density at radius 1 is 1.00 bits per heavy atom. The summed E-state index contributed by atoms with van der Waals surface area (Å²) in [6, 6.07) is 25.3. The summed E-state index contributed by atoms with van der Waals surface area (Å²) in [5, 5.41) is 3.01. The molecule has 4 nitrogen and oxygen atoms in total. The van der Waals surface area contributed by atoms with Crippen molar-refractivity contribution in [2.24, 2.45) is 0 Å². The molecule has 4 rings (SSSR count). The maximum atomic E-state index is 13.4. The molecule has 0 fully saturated rings. The molecule has 0 saturated carbocycles. The molecular weight excluding hydrogens is 404 g/mol. The van der Waals surface area contributed by atoms with Crippen molar-refractivity contribution in [1.82, 2.24) is 5.32 Å². The van der Waals surface area contributed by atoms with Crippen LogP contribution in [-0.2, 0) is 9.59 Å². The van der Waals surface area contributed by atoms with Crippen LogP contribution in [0.3, 0.4) is 0 Å². The Morgan fingerprint density at radius 2 is 1.68 bits per heavy atom. The van der Waals surface area contributed by atoms with Gasteiger partial charge in [-0.15, -0.1) is 0 Å². The Kier molecular flexibility index (Phi) is 6.23. The summed E-state index contributed by atoms with van der Waals surface area (Å²) in [4.78, 5) is 29.3. The quantitative estimate of drug-likeness (QED) is 0.557. The minimum Gasteiger partial charge on any atom is -0.348 e. The number of aryl methyl sites for hydroxylation is 1. The van der Waals surface area contributed by atoms with Gasteiger partial charge in [-0.2, -0.15) is 0 Å². The second kappa shape index (κ2) is 9.23. The number of rotatable bonds is 5. The molecule has 156 valence electrons. The molecule has 2 amide bonds. The van der Waals surface area contributed by atoms with E-state index in [0.29, 0.717) is 4.91 Å². The Hall–Kier alpha value is -3.31. The predicted octanol–water partition coefficient (Wildman–Crippen LogP) is 5.35. The maximum Gasteiger partial charge on any atom is 0.265 e. The number of amides is 2. The minimum absolute atomic E-state index is 0.0291. The highest BCUT2D eigenvalue weighted by molar-refractivity contribution is 8.04. The van der Waals surface area contributed by atoms with Gasteiger partial charge >= 0.3 is 0 Å². The van der Waals surface area contributed by atoms with Crippen molar-refractivity contribution in [1.29, 1.82) is 0 Å². The number of fused-ring (bicyclic) bond motifs is 1. The lowest BCUT2D eigenvalue weighted by Crippen LogP contribution is -2.43. The number of para-hydroxylation sites is 1. The van der Waals surface area contributed by atoms with E-state index in [1.807, 2.05) is 98.8 Å². The molecule has 1 heterocycles. The fourth-order valence-electron chi connectivity index (χ4n) is 3.56. The van der Waals surface area contributed by atoms with Crippen molar-refractivity contribution < 1.29 is 9.59 Å². The Morgan fingerprint density at radius 3 is 2.45 bits per heavy atom. The number of hydrogen-bond acceptors (Lipinski definition) is 3. The van der Waals surface area contributed by atoms with E-state index in [0.717, 1.165) is 27.3 Å². The van der Waals surface area contributed by atoms with Crippen LogP contribution in [-0.4, -0.2) is 18.4 Å². The van der Waals surface area contributed by atoms with Crippen LogP contribution in [0.4, 0.5) is 5.69 Å². The molecule has 0 bridgehead atoms. The largest absolute Gasteiger partial charge is 0.348 e. The molecule has 1 atom stereocenters. The van der Waals surface area contributed by atoms with Crippen molar-refractivity contribution in [3.8, 4) is 0 Å². The van der Waals surface area contributed by atoms with Crippen molar-refractivity contribution in [3.05, 3.63) is 100 Å². The van der Waals surface area contributed by atoms with Gasteiger partial charge in [-0.3, -0.25) is 14.5 Å². The molecule has 0 unspecified atom stereocenters. The minimum atomic E-state index is -0.193.